The minimum atomic E-state index is 0.537. The fraction of sp³-hybridized carbons (Fsp3) is 0.615. The predicted octanol–water partition coefficient (Wildman–Crippen LogP) is 1.83. The summed E-state index contributed by atoms with van der Waals surface area (Å²) in [7, 11) is 4.31. The van der Waals surface area contributed by atoms with Gasteiger partial charge in [0.1, 0.15) is 5.82 Å². The number of hydrogen-bond donors (Lipinski definition) is 1. The minimum Gasteiger partial charge on any atom is -0.356 e. The van der Waals surface area contributed by atoms with Gasteiger partial charge in [0.05, 0.1) is 0 Å². The predicted molar refractivity (Wildman–Crippen MR) is 78.8 cm³/mol. The molecule has 1 aliphatic rings. The summed E-state index contributed by atoms with van der Waals surface area (Å²) >= 11 is 3.45. The van der Waals surface area contributed by atoms with Crippen LogP contribution in [0, 0.1) is 0 Å². The van der Waals surface area contributed by atoms with Crippen molar-refractivity contribution in [2.24, 2.45) is 5.73 Å². The Morgan fingerprint density at radius 1 is 1.44 bits per heavy atom. The first-order chi connectivity index (χ1) is 8.61. The van der Waals surface area contributed by atoms with E-state index in [4.69, 9.17) is 5.73 Å². The third-order valence-corrected chi connectivity index (χ3v) is 4.06. The average molecular weight is 313 g/mol. The van der Waals surface area contributed by atoms with Crippen LogP contribution in [0.25, 0.3) is 0 Å². The average Bonchev–Trinajstić information content (AvgIpc) is 2.38. The quantitative estimate of drug-likeness (QED) is 0.925. The molecule has 0 aliphatic carbocycles. The molecule has 2 heterocycles. The van der Waals surface area contributed by atoms with Gasteiger partial charge in [-0.1, -0.05) is 0 Å². The summed E-state index contributed by atoms with van der Waals surface area (Å²) in [5, 5.41) is 0. The highest BCUT2D eigenvalue weighted by molar-refractivity contribution is 9.10. The van der Waals surface area contributed by atoms with Gasteiger partial charge in [-0.2, -0.15) is 0 Å². The highest BCUT2D eigenvalue weighted by Crippen LogP contribution is 2.25. The smallest absolute Gasteiger partial charge is 0.133 e. The van der Waals surface area contributed by atoms with Crippen LogP contribution < -0.4 is 10.6 Å². The molecule has 1 aliphatic heterocycles. The molecule has 0 radical (unpaired) electrons. The summed E-state index contributed by atoms with van der Waals surface area (Å²) in [6.07, 6.45) is 4.23. The van der Waals surface area contributed by atoms with Crippen molar-refractivity contribution >= 4 is 21.7 Å². The zero-order valence-corrected chi connectivity index (χ0v) is 12.7. The van der Waals surface area contributed by atoms with E-state index in [2.05, 4.69) is 50.9 Å². The van der Waals surface area contributed by atoms with Gasteiger partial charge in [0.2, 0.25) is 0 Å². The standard InChI is InChI=1S/C13H21BrN4/c1-17(2)12-3-5-18(6-4-12)13-10(8-15)7-11(14)9-16-13/h7,9,12H,3-6,8,15H2,1-2H3. The van der Waals surface area contributed by atoms with Crippen LogP contribution in [-0.2, 0) is 6.54 Å². The molecule has 0 spiro atoms. The van der Waals surface area contributed by atoms with Crippen LogP contribution in [0.5, 0.6) is 0 Å². The Bertz CT molecular complexity index is 400. The van der Waals surface area contributed by atoms with E-state index < -0.39 is 0 Å². The number of anilines is 1. The fourth-order valence-electron chi connectivity index (χ4n) is 2.50. The van der Waals surface area contributed by atoms with Crippen molar-refractivity contribution in [3.63, 3.8) is 0 Å². The second kappa shape index (κ2) is 5.99. The number of rotatable bonds is 3. The molecule has 2 N–H and O–H groups in total. The van der Waals surface area contributed by atoms with Gasteiger partial charge >= 0.3 is 0 Å². The Hall–Kier alpha value is -0.650. The van der Waals surface area contributed by atoms with Gasteiger partial charge in [-0.25, -0.2) is 4.98 Å². The molecule has 1 aromatic heterocycles. The SMILES string of the molecule is CN(C)C1CCN(c2ncc(Br)cc2CN)CC1. The van der Waals surface area contributed by atoms with Crippen LogP contribution in [0.15, 0.2) is 16.7 Å². The minimum absolute atomic E-state index is 0.537. The largest absolute Gasteiger partial charge is 0.356 e. The maximum atomic E-state index is 5.81. The molecule has 1 saturated heterocycles. The molecule has 1 fully saturated rings. The summed E-state index contributed by atoms with van der Waals surface area (Å²) in [4.78, 5) is 9.20. The molecule has 100 valence electrons. The summed E-state index contributed by atoms with van der Waals surface area (Å²) in [6, 6.07) is 2.76. The van der Waals surface area contributed by atoms with Gasteiger partial charge in [0.25, 0.3) is 0 Å². The maximum absolute atomic E-state index is 5.81. The molecule has 2 rings (SSSR count). The Morgan fingerprint density at radius 2 is 2.11 bits per heavy atom. The fourth-order valence-corrected chi connectivity index (χ4v) is 2.88. The lowest BCUT2D eigenvalue weighted by molar-refractivity contribution is 0.249. The Morgan fingerprint density at radius 3 is 2.67 bits per heavy atom. The highest BCUT2D eigenvalue weighted by Gasteiger charge is 2.22. The molecule has 0 amide bonds. The van der Waals surface area contributed by atoms with E-state index in [9.17, 15) is 0 Å². The molecule has 18 heavy (non-hydrogen) atoms. The van der Waals surface area contributed by atoms with E-state index in [-0.39, 0.29) is 0 Å². The lowest BCUT2D eigenvalue weighted by Crippen LogP contribution is -2.42. The van der Waals surface area contributed by atoms with E-state index in [1.54, 1.807) is 0 Å². The third kappa shape index (κ3) is 3.02. The second-order valence-corrected chi connectivity index (χ2v) is 5.94. The Balaban J connectivity index is 2.09. The van der Waals surface area contributed by atoms with Crippen LogP contribution >= 0.6 is 15.9 Å². The van der Waals surface area contributed by atoms with Gasteiger partial charge in [-0.15, -0.1) is 0 Å². The summed E-state index contributed by atoms with van der Waals surface area (Å²) in [6.45, 7) is 2.66. The monoisotopic (exact) mass is 312 g/mol. The van der Waals surface area contributed by atoms with Gasteiger partial charge in [-0.05, 0) is 48.9 Å². The molecular weight excluding hydrogens is 292 g/mol. The van der Waals surface area contributed by atoms with Gasteiger partial charge in [0.15, 0.2) is 0 Å². The number of nitrogens with two attached hydrogens (primary N) is 1. The summed E-state index contributed by atoms with van der Waals surface area (Å²) in [5.41, 5.74) is 6.92. The van der Waals surface area contributed by atoms with Crippen molar-refractivity contribution in [3.8, 4) is 0 Å². The third-order valence-electron chi connectivity index (χ3n) is 3.62. The van der Waals surface area contributed by atoms with Crippen molar-refractivity contribution in [1.29, 1.82) is 0 Å². The Labute approximate surface area is 117 Å². The van der Waals surface area contributed by atoms with Crippen LogP contribution in [-0.4, -0.2) is 43.1 Å². The molecule has 1 aromatic rings. The van der Waals surface area contributed by atoms with Gasteiger partial charge in [0, 0.05) is 41.9 Å². The van der Waals surface area contributed by atoms with Crippen molar-refractivity contribution in [1.82, 2.24) is 9.88 Å². The molecule has 0 saturated carbocycles. The van der Waals surface area contributed by atoms with Crippen molar-refractivity contribution in [3.05, 3.63) is 22.3 Å². The summed E-state index contributed by atoms with van der Waals surface area (Å²) in [5.74, 6) is 1.05. The number of hydrogen-bond acceptors (Lipinski definition) is 4. The van der Waals surface area contributed by atoms with Crippen LogP contribution in [0.2, 0.25) is 0 Å². The van der Waals surface area contributed by atoms with Crippen molar-refractivity contribution < 1.29 is 0 Å². The van der Waals surface area contributed by atoms with E-state index in [0.717, 1.165) is 28.9 Å². The highest BCUT2D eigenvalue weighted by atomic mass is 79.9. The van der Waals surface area contributed by atoms with Crippen LogP contribution in [0.3, 0.4) is 0 Å². The van der Waals surface area contributed by atoms with E-state index in [1.807, 2.05) is 6.20 Å². The second-order valence-electron chi connectivity index (χ2n) is 5.02. The molecular formula is C13H21BrN4. The molecule has 0 bridgehead atoms. The normalized spacial score (nSPS) is 17.5. The number of aromatic nitrogens is 1. The van der Waals surface area contributed by atoms with E-state index in [0.29, 0.717) is 12.6 Å². The van der Waals surface area contributed by atoms with Gasteiger partial charge in [-0.3, -0.25) is 0 Å². The topological polar surface area (TPSA) is 45.4 Å². The first-order valence-electron chi connectivity index (χ1n) is 6.37. The molecule has 0 atom stereocenters. The van der Waals surface area contributed by atoms with Crippen LogP contribution in [0.1, 0.15) is 18.4 Å². The van der Waals surface area contributed by atoms with Crippen molar-refractivity contribution in [2.45, 2.75) is 25.4 Å². The first kappa shape index (κ1) is 13.8. The van der Waals surface area contributed by atoms with Gasteiger partial charge < -0.3 is 15.5 Å². The number of halogens is 1. The molecule has 5 heteroatoms. The lowest BCUT2D eigenvalue weighted by atomic mass is 10.0. The number of pyridine rings is 1. The number of nitrogens with zero attached hydrogens (tertiary/aromatic N) is 3. The molecule has 4 nitrogen and oxygen atoms in total. The zero-order valence-electron chi connectivity index (χ0n) is 11.1. The molecule has 0 aromatic carbocycles. The van der Waals surface area contributed by atoms with E-state index >= 15 is 0 Å². The Kier molecular flexibility index (Phi) is 4.59. The number of piperidine rings is 1. The lowest BCUT2D eigenvalue weighted by Gasteiger charge is -2.36. The zero-order chi connectivity index (χ0) is 13.1. The first-order valence-corrected chi connectivity index (χ1v) is 7.17. The maximum Gasteiger partial charge on any atom is 0.133 e. The van der Waals surface area contributed by atoms with E-state index in [1.165, 1.54) is 12.8 Å². The van der Waals surface area contributed by atoms with Crippen molar-refractivity contribution in [2.75, 3.05) is 32.1 Å². The van der Waals surface area contributed by atoms with Crippen LogP contribution in [0.4, 0.5) is 5.82 Å². The summed E-state index contributed by atoms with van der Waals surface area (Å²) < 4.78 is 0.995. The molecule has 0 unspecified atom stereocenters.